The molecule has 1 saturated carbocycles. The molecule has 4 N–H and O–H groups in total. The zero-order chi connectivity index (χ0) is 20.0. The Balaban J connectivity index is 1.57. The SMILES string of the molecule is Cc1ccc(-c2nc3cc(N4C(N)=NC(N)=NC45CCCCC5)ccc3o2)cc1. The van der Waals surface area contributed by atoms with Crippen molar-refractivity contribution >= 4 is 28.7 Å². The molecule has 5 rings (SSSR count). The van der Waals surface area contributed by atoms with Crippen LogP contribution in [-0.4, -0.2) is 22.6 Å². The van der Waals surface area contributed by atoms with E-state index in [-0.39, 0.29) is 5.96 Å². The number of fused-ring (bicyclic) bond motifs is 1. The van der Waals surface area contributed by atoms with Crippen LogP contribution in [0.4, 0.5) is 5.69 Å². The average molecular weight is 388 g/mol. The van der Waals surface area contributed by atoms with Gasteiger partial charge in [-0.25, -0.2) is 9.98 Å². The third-order valence-corrected chi connectivity index (χ3v) is 5.78. The molecule has 7 heteroatoms. The molecule has 2 aromatic carbocycles. The molecule has 0 radical (unpaired) electrons. The molecule has 29 heavy (non-hydrogen) atoms. The Morgan fingerprint density at radius 1 is 1.00 bits per heavy atom. The van der Waals surface area contributed by atoms with Crippen molar-refractivity contribution < 1.29 is 4.42 Å². The number of benzene rings is 2. The average Bonchev–Trinajstić information content (AvgIpc) is 3.12. The van der Waals surface area contributed by atoms with Gasteiger partial charge in [-0.1, -0.05) is 24.1 Å². The molecule has 1 fully saturated rings. The first-order valence-electron chi connectivity index (χ1n) is 10.0. The standard InChI is InChI=1S/C22H24N6O/c1-14-5-7-15(8-6-14)19-25-17-13-16(9-10-18(17)29-19)28-21(24)26-20(23)27-22(28)11-3-2-4-12-22/h5-10,13H,2-4,11-12H2,1H3,(H4,23,24,26,27). The van der Waals surface area contributed by atoms with E-state index in [1.807, 2.05) is 35.2 Å². The van der Waals surface area contributed by atoms with Crippen LogP contribution in [0, 0.1) is 6.92 Å². The van der Waals surface area contributed by atoms with E-state index >= 15 is 0 Å². The number of aromatic nitrogens is 1. The Morgan fingerprint density at radius 3 is 2.52 bits per heavy atom. The van der Waals surface area contributed by atoms with Crippen LogP contribution in [0.3, 0.4) is 0 Å². The fourth-order valence-electron chi connectivity index (χ4n) is 4.37. The second-order valence-corrected chi connectivity index (χ2v) is 7.86. The van der Waals surface area contributed by atoms with Crippen LogP contribution in [0.25, 0.3) is 22.6 Å². The summed E-state index contributed by atoms with van der Waals surface area (Å²) in [5, 5.41) is 0. The van der Waals surface area contributed by atoms with E-state index in [0.29, 0.717) is 11.9 Å². The quantitative estimate of drug-likeness (QED) is 0.692. The van der Waals surface area contributed by atoms with Gasteiger partial charge in [-0.2, -0.15) is 4.99 Å². The molecule has 1 aromatic heterocycles. The van der Waals surface area contributed by atoms with E-state index in [4.69, 9.17) is 25.9 Å². The molecule has 7 nitrogen and oxygen atoms in total. The third kappa shape index (κ3) is 3.03. The number of hydrogen-bond donors (Lipinski definition) is 2. The van der Waals surface area contributed by atoms with Gasteiger partial charge in [0.15, 0.2) is 5.58 Å². The molecule has 0 amide bonds. The van der Waals surface area contributed by atoms with Gasteiger partial charge in [0, 0.05) is 11.3 Å². The summed E-state index contributed by atoms with van der Waals surface area (Å²) in [7, 11) is 0. The summed E-state index contributed by atoms with van der Waals surface area (Å²) in [6, 6.07) is 14.1. The van der Waals surface area contributed by atoms with Gasteiger partial charge in [0.25, 0.3) is 0 Å². The third-order valence-electron chi connectivity index (χ3n) is 5.78. The van der Waals surface area contributed by atoms with Crippen molar-refractivity contribution in [2.24, 2.45) is 21.5 Å². The molecule has 3 aromatic rings. The van der Waals surface area contributed by atoms with E-state index in [1.165, 1.54) is 12.0 Å². The van der Waals surface area contributed by atoms with Gasteiger partial charge < -0.3 is 15.9 Å². The Morgan fingerprint density at radius 2 is 1.76 bits per heavy atom. The molecular formula is C22H24N6O. The van der Waals surface area contributed by atoms with Crippen molar-refractivity contribution in [2.45, 2.75) is 44.7 Å². The molecule has 0 bridgehead atoms. The molecule has 148 valence electrons. The molecule has 0 unspecified atom stereocenters. The van der Waals surface area contributed by atoms with Gasteiger partial charge in [-0.3, -0.25) is 4.90 Å². The Bertz CT molecular complexity index is 1120. The van der Waals surface area contributed by atoms with E-state index in [2.05, 4.69) is 24.0 Å². The summed E-state index contributed by atoms with van der Waals surface area (Å²) in [4.78, 5) is 15.7. The largest absolute Gasteiger partial charge is 0.436 e. The van der Waals surface area contributed by atoms with E-state index in [9.17, 15) is 0 Å². The number of oxazole rings is 1. The van der Waals surface area contributed by atoms with Gasteiger partial charge in [-0.15, -0.1) is 0 Å². The highest BCUT2D eigenvalue weighted by Crippen LogP contribution is 2.40. The molecule has 2 aliphatic rings. The van der Waals surface area contributed by atoms with Crippen molar-refractivity contribution in [3.05, 3.63) is 48.0 Å². The van der Waals surface area contributed by atoms with E-state index in [1.54, 1.807) is 0 Å². The predicted octanol–water partition coefficient (Wildman–Crippen LogP) is 3.91. The number of nitrogens with zero attached hydrogens (tertiary/aromatic N) is 4. The molecule has 1 aliphatic carbocycles. The first kappa shape index (κ1) is 17.7. The minimum absolute atomic E-state index is 0.254. The van der Waals surface area contributed by atoms with Crippen LogP contribution >= 0.6 is 0 Å². The lowest BCUT2D eigenvalue weighted by molar-refractivity contribution is 0.305. The summed E-state index contributed by atoms with van der Waals surface area (Å²) in [6.45, 7) is 2.06. The molecule has 2 heterocycles. The summed E-state index contributed by atoms with van der Waals surface area (Å²) >= 11 is 0. The zero-order valence-electron chi connectivity index (χ0n) is 16.4. The highest BCUT2D eigenvalue weighted by Gasteiger charge is 2.42. The number of hydrogen-bond acceptors (Lipinski definition) is 7. The van der Waals surface area contributed by atoms with Crippen LogP contribution < -0.4 is 16.4 Å². The monoisotopic (exact) mass is 388 g/mol. The van der Waals surface area contributed by atoms with Gasteiger partial charge >= 0.3 is 0 Å². The maximum Gasteiger partial charge on any atom is 0.227 e. The number of aryl methyl sites for hydroxylation is 1. The lowest BCUT2D eigenvalue weighted by Crippen LogP contribution is -2.58. The highest BCUT2D eigenvalue weighted by atomic mass is 16.3. The normalized spacial score (nSPS) is 18.7. The minimum Gasteiger partial charge on any atom is -0.436 e. The van der Waals surface area contributed by atoms with Crippen LogP contribution in [0.5, 0.6) is 0 Å². The Hall–Kier alpha value is -3.35. The lowest BCUT2D eigenvalue weighted by Gasteiger charge is -2.45. The number of nitrogens with two attached hydrogens (primary N) is 2. The molecule has 1 spiro atoms. The summed E-state index contributed by atoms with van der Waals surface area (Å²) in [5.74, 6) is 1.23. The fourth-order valence-corrected chi connectivity index (χ4v) is 4.37. The van der Waals surface area contributed by atoms with Gasteiger partial charge in [0.05, 0.1) is 0 Å². The number of aliphatic imine (C=N–C) groups is 2. The number of guanidine groups is 2. The molecule has 0 saturated heterocycles. The van der Waals surface area contributed by atoms with E-state index < -0.39 is 5.66 Å². The second-order valence-electron chi connectivity index (χ2n) is 7.86. The van der Waals surface area contributed by atoms with Crippen molar-refractivity contribution in [1.29, 1.82) is 0 Å². The lowest BCUT2D eigenvalue weighted by atomic mass is 9.87. The molecular weight excluding hydrogens is 364 g/mol. The maximum atomic E-state index is 6.33. The number of rotatable bonds is 2. The maximum absolute atomic E-state index is 6.33. The van der Waals surface area contributed by atoms with Gasteiger partial charge in [-0.05, 0) is 62.9 Å². The fraction of sp³-hybridized carbons (Fsp3) is 0.318. The summed E-state index contributed by atoms with van der Waals surface area (Å²) in [5.41, 5.74) is 16.4. The zero-order valence-corrected chi connectivity index (χ0v) is 16.4. The van der Waals surface area contributed by atoms with Crippen LogP contribution in [0.1, 0.15) is 37.7 Å². The number of anilines is 1. The van der Waals surface area contributed by atoms with Crippen molar-refractivity contribution in [3.63, 3.8) is 0 Å². The summed E-state index contributed by atoms with van der Waals surface area (Å²) in [6.07, 6.45) is 5.17. The molecule has 1 aliphatic heterocycles. The van der Waals surface area contributed by atoms with Crippen LogP contribution in [0.2, 0.25) is 0 Å². The van der Waals surface area contributed by atoms with Crippen molar-refractivity contribution in [3.8, 4) is 11.5 Å². The smallest absolute Gasteiger partial charge is 0.227 e. The Labute approximate surface area is 169 Å². The highest BCUT2D eigenvalue weighted by molar-refractivity contribution is 6.06. The second kappa shape index (κ2) is 6.62. The van der Waals surface area contributed by atoms with Gasteiger partial charge in [0.2, 0.25) is 17.8 Å². The Kier molecular flexibility index (Phi) is 4.04. The minimum atomic E-state index is -0.467. The van der Waals surface area contributed by atoms with Crippen molar-refractivity contribution in [2.75, 3.05) is 4.90 Å². The summed E-state index contributed by atoms with van der Waals surface area (Å²) < 4.78 is 5.98. The van der Waals surface area contributed by atoms with Crippen LogP contribution in [-0.2, 0) is 0 Å². The topological polar surface area (TPSA) is 106 Å². The predicted molar refractivity (Wildman–Crippen MR) is 116 cm³/mol. The first-order valence-corrected chi connectivity index (χ1v) is 10.0. The van der Waals surface area contributed by atoms with E-state index in [0.717, 1.165) is 48.0 Å². The van der Waals surface area contributed by atoms with Crippen molar-refractivity contribution in [1.82, 2.24) is 4.98 Å². The van der Waals surface area contributed by atoms with Crippen LogP contribution in [0.15, 0.2) is 56.9 Å². The molecule has 0 atom stereocenters. The van der Waals surface area contributed by atoms with Gasteiger partial charge in [0.1, 0.15) is 11.2 Å². The first-order chi connectivity index (χ1) is 14.0.